The maximum Gasteiger partial charge on any atom is 0.258 e. The standard InChI is InChI=1S/C14H12N3O2S/c1-10(18)11-3-2-4-16(8-11)9-12-7-13(19)17-5-6-20-14(17)15-12/h2-8H,9H2,1H3/q+1. The van der Waals surface area contributed by atoms with E-state index >= 15 is 0 Å². The third-order valence-electron chi connectivity index (χ3n) is 2.97. The molecule has 0 saturated heterocycles. The Morgan fingerprint density at radius 3 is 3.15 bits per heavy atom. The van der Waals surface area contributed by atoms with Gasteiger partial charge in [-0.1, -0.05) is 0 Å². The van der Waals surface area contributed by atoms with Crippen molar-refractivity contribution in [1.29, 1.82) is 0 Å². The number of rotatable bonds is 3. The van der Waals surface area contributed by atoms with Gasteiger partial charge < -0.3 is 0 Å². The molecule has 100 valence electrons. The molecule has 0 fully saturated rings. The van der Waals surface area contributed by atoms with E-state index in [9.17, 15) is 9.59 Å². The van der Waals surface area contributed by atoms with Crippen molar-refractivity contribution in [2.24, 2.45) is 0 Å². The van der Waals surface area contributed by atoms with Crippen LogP contribution in [0.2, 0.25) is 0 Å². The minimum absolute atomic E-state index is 0.0149. The first-order chi connectivity index (χ1) is 9.63. The Balaban J connectivity index is 1.98. The van der Waals surface area contributed by atoms with E-state index in [1.54, 1.807) is 18.5 Å². The van der Waals surface area contributed by atoms with Gasteiger partial charge in [0, 0.05) is 23.7 Å². The molecule has 0 radical (unpaired) electrons. The summed E-state index contributed by atoms with van der Waals surface area (Å²) in [6.45, 7) is 1.99. The minimum atomic E-state index is -0.0884. The molecular weight excluding hydrogens is 274 g/mol. The molecule has 3 aromatic heterocycles. The number of hydrogen-bond donors (Lipinski definition) is 0. The zero-order valence-electron chi connectivity index (χ0n) is 10.8. The number of pyridine rings is 1. The lowest BCUT2D eigenvalue weighted by molar-refractivity contribution is -0.688. The largest absolute Gasteiger partial charge is 0.294 e. The second-order valence-corrected chi connectivity index (χ2v) is 5.34. The van der Waals surface area contributed by atoms with Gasteiger partial charge in [0.2, 0.25) is 0 Å². The van der Waals surface area contributed by atoms with Crippen LogP contribution in [-0.4, -0.2) is 15.2 Å². The summed E-state index contributed by atoms with van der Waals surface area (Å²) in [4.78, 5) is 28.4. The van der Waals surface area contributed by atoms with Crippen molar-refractivity contribution in [3.8, 4) is 0 Å². The van der Waals surface area contributed by atoms with Gasteiger partial charge in [-0.25, -0.2) is 4.98 Å². The third kappa shape index (κ3) is 2.37. The number of Topliss-reactive ketones (excluding diaryl/α,β-unsaturated/α-hetero) is 1. The van der Waals surface area contributed by atoms with Gasteiger partial charge in [0.1, 0.15) is 5.69 Å². The molecule has 3 heterocycles. The number of carbonyl (C=O) groups is 1. The van der Waals surface area contributed by atoms with Gasteiger partial charge in [-0.3, -0.25) is 14.0 Å². The highest BCUT2D eigenvalue weighted by Gasteiger charge is 2.10. The van der Waals surface area contributed by atoms with E-state index in [4.69, 9.17) is 0 Å². The highest BCUT2D eigenvalue weighted by Crippen LogP contribution is 2.06. The van der Waals surface area contributed by atoms with Gasteiger partial charge in [0.25, 0.3) is 5.56 Å². The van der Waals surface area contributed by atoms with E-state index in [0.717, 1.165) is 0 Å². The van der Waals surface area contributed by atoms with Crippen LogP contribution in [0.15, 0.2) is 47.0 Å². The molecule has 0 bridgehead atoms. The zero-order chi connectivity index (χ0) is 14.1. The molecule has 0 aliphatic carbocycles. The second-order valence-electron chi connectivity index (χ2n) is 4.46. The molecule has 0 atom stereocenters. The molecule has 0 saturated carbocycles. The molecule has 5 nitrogen and oxygen atoms in total. The first-order valence-electron chi connectivity index (χ1n) is 6.09. The molecule has 0 aliphatic rings. The van der Waals surface area contributed by atoms with Gasteiger partial charge in [-0.2, -0.15) is 4.57 Å². The van der Waals surface area contributed by atoms with E-state index in [-0.39, 0.29) is 11.3 Å². The molecule has 0 unspecified atom stereocenters. The van der Waals surface area contributed by atoms with Crippen molar-refractivity contribution in [1.82, 2.24) is 9.38 Å². The van der Waals surface area contributed by atoms with Crippen molar-refractivity contribution in [3.63, 3.8) is 0 Å². The second kappa shape index (κ2) is 4.97. The van der Waals surface area contributed by atoms with Gasteiger partial charge in [-0.15, -0.1) is 11.3 Å². The van der Waals surface area contributed by atoms with Crippen LogP contribution in [-0.2, 0) is 6.54 Å². The van der Waals surface area contributed by atoms with Crippen molar-refractivity contribution >= 4 is 22.1 Å². The molecular formula is C14H12N3O2S+. The van der Waals surface area contributed by atoms with Crippen molar-refractivity contribution in [2.75, 3.05) is 0 Å². The Morgan fingerprint density at radius 1 is 1.50 bits per heavy atom. The van der Waals surface area contributed by atoms with Crippen molar-refractivity contribution < 1.29 is 9.36 Å². The summed E-state index contributed by atoms with van der Waals surface area (Å²) in [7, 11) is 0. The lowest BCUT2D eigenvalue weighted by Crippen LogP contribution is -2.35. The quantitative estimate of drug-likeness (QED) is 0.538. The average molecular weight is 286 g/mol. The van der Waals surface area contributed by atoms with Gasteiger partial charge in [0.05, 0.1) is 5.56 Å². The maximum absolute atomic E-state index is 11.9. The fourth-order valence-electron chi connectivity index (χ4n) is 1.98. The fourth-order valence-corrected chi connectivity index (χ4v) is 2.72. The highest BCUT2D eigenvalue weighted by molar-refractivity contribution is 7.15. The summed E-state index contributed by atoms with van der Waals surface area (Å²) in [5, 5.41) is 1.83. The van der Waals surface area contributed by atoms with Crippen LogP contribution < -0.4 is 10.1 Å². The summed E-state index contributed by atoms with van der Waals surface area (Å²) in [5.74, 6) is 0.0149. The van der Waals surface area contributed by atoms with E-state index in [2.05, 4.69) is 4.98 Å². The smallest absolute Gasteiger partial charge is 0.258 e. The molecule has 0 aliphatic heterocycles. The molecule has 6 heteroatoms. The van der Waals surface area contributed by atoms with E-state index in [0.29, 0.717) is 22.8 Å². The number of thiazole rings is 1. The summed E-state index contributed by atoms with van der Waals surface area (Å²) in [6.07, 6.45) is 5.33. The average Bonchev–Trinajstić information content (AvgIpc) is 2.88. The van der Waals surface area contributed by atoms with Gasteiger partial charge in [0.15, 0.2) is 29.7 Å². The highest BCUT2D eigenvalue weighted by atomic mass is 32.1. The Kier molecular flexibility index (Phi) is 3.15. The monoisotopic (exact) mass is 286 g/mol. The Bertz CT molecular complexity index is 851. The lowest BCUT2D eigenvalue weighted by Gasteiger charge is -1.99. The summed E-state index contributed by atoms with van der Waals surface area (Å²) in [6, 6.07) is 5.10. The number of aromatic nitrogens is 3. The van der Waals surface area contributed by atoms with Crippen LogP contribution in [0.5, 0.6) is 0 Å². The van der Waals surface area contributed by atoms with Gasteiger partial charge in [-0.05, 0) is 13.0 Å². The predicted octanol–water partition coefficient (Wildman–Crippen LogP) is 1.29. The number of nitrogens with zero attached hydrogens (tertiary/aromatic N) is 3. The van der Waals surface area contributed by atoms with E-state index in [1.165, 1.54) is 28.7 Å². The number of fused-ring (bicyclic) bond motifs is 1. The van der Waals surface area contributed by atoms with Crippen molar-refractivity contribution in [2.45, 2.75) is 13.5 Å². The fraction of sp³-hybridized carbons (Fsp3) is 0.143. The zero-order valence-corrected chi connectivity index (χ0v) is 11.6. The molecule has 0 spiro atoms. The summed E-state index contributed by atoms with van der Waals surface area (Å²) >= 11 is 1.42. The van der Waals surface area contributed by atoms with Crippen LogP contribution >= 0.6 is 11.3 Å². The first-order valence-corrected chi connectivity index (χ1v) is 6.97. The molecule has 20 heavy (non-hydrogen) atoms. The molecule has 0 amide bonds. The summed E-state index contributed by atoms with van der Waals surface area (Å²) < 4.78 is 3.37. The number of carbonyl (C=O) groups excluding carboxylic acids is 1. The molecule has 3 rings (SSSR count). The van der Waals surface area contributed by atoms with Crippen LogP contribution in [0, 0.1) is 0 Å². The Morgan fingerprint density at radius 2 is 2.35 bits per heavy atom. The molecule has 0 N–H and O–H groups in total. The van der Waals surface area contributed by atoms with Crippen LogP contribution in [0.3, 0.4) is 0 Å². The van der Waals surface area contributed by atoms with E-state index < -0.39 is 0 Å². The molecule has 3 aromatic rings. The first kappa shape index (κ1) is 12.7. The molecule has 0 aromatic carbocycles. The minimum Gasteiger partial charge on any atom is -0.294 e. The van der Waals surface area contributed by atoms with E-state index in [1.807, 2.05) is 22.2 Å². The predicted molar refractivity (Wildman–Crippen MR) is 75.1 cm³/mol. The maximum atomic E-state index is 11.9. The normalized spacial score (nSPS) is 10.8. The van der Waals surface area contributed by atoms with Crippen LogP contribution in [0.25, 0.3) is 4.96 Å². The lowest BCUT2D eigenvalue weighted by atomic mass is 10.2. The van der Waals surface area contributed by atoms with Gasteiger partial charge >= 0.3 is 0 Å². The summed E-state index contributed by atoms with van der Waals surface area (Å²) in [5.41, 5.74) is 1.24. The number of hydrogen-bond acceptors (Lipinski definition) is 4. The Hall–Kier alpha value is -2.34. The van der Waals surface area contributed by atoms with Crippen LogP contribution in [0.1, 0.15) is 23.0 Å². The Labute approximate surface area is 118 Å². The van der Waals surface area contributed by atoms with Crippen LogP contribution in [0.4, 0.5) is 0 Å². The SMILES string of the molecule is CC(=O)c1ccc[n+](Cc2cc(=O)n3ccsc3n2)c1. The topological polar surface area (TPSA) is 55.3 Å². The number of ketones is 1. The third-order valence-corrected chi connectivity index (χ3v) is 3.72. The van der Waals surface area contributed by atoms with Crippen molar-refractivity contribution in [3.05, 3.63) is 63.8 Å².